The van der Waals surface area contributed by atoms with Gasteiger partial charge in [-0.2, -0.15) is 5.26 Å². The Kier molecular flexibility index (Phi) is 8.05. The summed E-state index contributed by atoms with van der Waals surface area (Å²) in [6.45, 7) is 3.31. The van der Waals surface area contributed by atoms with Gasteiger partial charge in [0.25, 0.3) is 17.6 Å². The summed E-state index contributed by atoms with van der Waals surface area (Å²) in [4.78, 5) is 37.7. The number of ketones is 1. The molecule has 1 atom stereocenters. The van der Waals surface area contributed by atoms with Gasteiger partial charge in [0.15, 0.2) is 0 Å². The Labute approximate surface area is 179 Å². The van der Waals surface area contributed by atoms with Crippen LogP contribution in [0.2, 0.25) is 0 Å². The van der Waals surface area contributed by atoms with Crippen molar-refractivity contribution in [2.24, 2.45) is 7.05 Å². The van der Waals surface area contributed by atoms with Crippen molar-refractivity contribution in [3.63, 3.8) is 0 Å². The van der Waals surface area contributed by atoms with E-state index in [0.29, 0.717) is 12.1 Å². The van der Waals surface area contributed by atoms with Gasteiger partial charge in [-0.3, -0.25) is 14.4 Å². The van der Waals surface area contributed by atoms with E-state index in [1.54, 1.807) is 20.0 Å². The summed E-state index contributed by atoms with van der Waals surface area (Å²) in [6.07, 6.45) is 2.24. The fourth-order valence-electron chi connectivity index (χ4n) is 3.06. The number of anilines is 1. The molecule has 0 bridgehead atoms. The van der Waals surface area contributed by atoms with Crippen LogP contribution in [0.4, 0.5) is 10.1 Å². The molecule has 3 N–H and O–H groups in total. The Morgan fingerprint density at radius 2 is 2.00 bits per heavy atom. The lowest BCUT2D eigenvalue weighted by Crippen LogP contribution is -2.41. The maximum absolute atomic E-state index is 13.5. The third-order valence-corrected chi connectivity index (χ3v) is 5.03. The van der Waals surface area contributed by atoms with Gasteiger partial charge in [-0.15, -0.1) is 0 Å². The van der Waals surface area contributed by atoms with Gasteiger partial charge < -0.3 is 20.3 Å². The van der Waals surface area contributed by atoms with E-state index in [2.05, 4.69) is 10.6 Å². The SMILES string of the molecule is CCCC[C@H](CO)NC(=O)C(=O)c1cc(C(=O)Nc2ccc(F)c(C#N)c2)n(C)c1C. The van der Waals surface area contributed by atoms with Crippen molar-refractivity contribution >= 4 is 23.3 Å². The van der Waals surface area contributed by atoms with Gasteiger partial charge in [-0.1, -0.05) is 19.8 Å². The number of halogens is 1. The van der Waals surface area contributed by atoms with Crippen LogP contribution in [0.25, 0.3) is 0 Å². The number of benzene rings is 1. The molecule has 1 heterocycles. The number of aliphatic hydroxyl groups is 1. The van der Waals surface area contributed by atoms with Gasteiger partial charge in [0.05, 0.1) is 18.2 Å². The number of carbonyl (C=O) groups excluding carboxylic acids is 3. The monoisotopic (exact) mass is 428 g/mol. The van der Waals surface area contributed by atoms with Crippen molar-refractivity contribution < 1.29 is 23.9 Å². The molecule has 0 aliphatic heterocycles. The van der Waals surface area contributed by atoms with Gasteiger partial charge in [0.1, 0.15) is 17.6 Å². The van der Waals surface area contributed by atoms with Crippen molar-refractivity contribution in [1.82, 2.24) is 9.88 Å². The number of hydrogen-bond acceptors (Lipinski definition) is 5. The number of hydrogen-bond donors (Lipinski definition) is 3. The molecule has 1 aromatic carbocycles. The number of amides is 2. The Bertz CT molecular complexity index is 1040. The lowest BCUT2D eigenvalue weighted by molar-refractivity contribution is -0.118. The summed E-state index contributed by atoms with van der Waals surface area (Å²) in [5.41, 5.74) is 0.593. The van der Waals surface area contributed by atoms with Crippen LogP contribution in [0.3, 0.4) is 0 Å². The highest BCUT2D eigenvalue weighted by molar-refractivity contribution is 6.43. The van der Waals surface area contributed by atoms with E-state index in [0.717, 1.165) is 18.9 Å². The average Bonchev–Trinajstić information content (AvgIpc) is 3.06. The average molecular weight is 428 g/mol. The molecule has 0 aliphatic carbocycles. The van der Waals surface area contributed by atoms with E-state index in [4.69, 9.17) is 5.26 Å². The maximum Gasteiger partial charge on any atom is 0.292 e. The molecule has 0 spiro atoms. The maximum atomic E-state index is 13.5. The first-order valence-corrected chi connectivity index (χ1v) is 9.86. The molecule has 164 valence electrons. The van der Waals surface area contributed by atoms with Crippen LogP contribution in [-0.4, -0.2) is 39.9 Å². The first kappa shape index (κ1) is 23.8. The molecule has 9 heteroatoms. The number of rotatable bonds is 9. The number of nitrogens with one attached hydrogen (secondary N) is 2. The minimum atomic E-state index is -0.854. The molecule has 0 unspecified atom stereocenters. The molecule has 2 aromatic rings. The van der Waals surface area contributed by atoms with Gasteiger partial charge in [0.2, 0.25) is 0 Å². The fourth-order valence-corrected chi connectivity index (χ4v) is 3.06. The third-order valence-electron chi connectivity index (χ3n) is 5.03. The van der Waals surface area contributed by atoms with Crippen molar-refractivity contribution in [3.05, 3.63) is 52.6 Å². The molecule has 0 saturated carbocycles. The summed E-state index contributed by atoms with van der Waals surface area (Å²) in [5.74, 6) is -2.95. The van der Waals surface area contributed by atoms with Crippen molar-refractivity contribution in [2.45, 2.75) is 39.2 Å². The predicted molar refractivity (Wildman–Crippen MR) is 112 cm³/mol. The number of aromatic nitrogens is 1. The van der Waals surface area contributed by atoms with Gasteiger partial charge in [0, 0.05) is 24.0 Å². The van der Waals surface area contributed by atoms with Crippen LogP contribution in [-0.2, 0) is 11.8 Å². The van der Waals surface area contributed by atoms with Crippen LogP contribution in [0.1, 0.15) is 58.3 Å². The highest BCUT2D eigenvalue weighted by atomic mass is 19.1. The minimum Gasteiger partial charge on any atom is -0.394 e. The zero-order chi connectivity index (χ0) is 23.1. The molecule has 2 amide bonds. The lowest BCUT2D eigenvalue weighted by Gasteiger charge is -2.15. The molecule has 0 fully saturated rings. The summed E-state index contributed by atoms with van der Waals surface area (Å²) < 4.78 is 14.9. The van der Waals surface area contributed by atoms with E-state index in [-0.39, 0.29) is 29.1 Å². The number of aliphatic hydroxyl groups excluding tert-OH is 1. The quantitative estimate of drug-likeness (QED) is 0.418. The standard InChI is InChI=1S/C22H25FN4O4/c1-4-5-6-16(12-28)26-22(31)20(29)17-10-19(27(3)13(17)2)21(30)25-15-7-8-18(23)14(9-15)11-24/h7-10,16,28H,4-6,12H2,1-3H3,(H,25,30)(H,26,31)/t16-/m1/s1. The van der Waals surface area contributed by atoms with Crippen molar-refractivity contribution in [3.8, 4) is 6.07 Å². The van der Waals surface area contributed by atoms with E-state index in [1.165, 1.54) is 22.8 Å². The second kappa shape index (κ2) is 10.5. The second-order valence-electron chi connectivity index (χ2n) is 7.17. The number of Topliss-reactive ketones (excluding diaryl/α,β-unsaturated/α-hetero) is 1. The zero-order valence-corrected chi connectivity index (χ0v) is 17.7. The second-order valence-corrected chi connectivity index (χ2v) is 7.17. The minimum absolute atomic E-state index is 0.0640. The van der Waals surface area contributed by atoms with Gasteiger partial charge in [-0.05, 0) is 37.6 Å². The summed E-state index contributed by atoms with van der Waals surface area (Å²) in [5, 5.41) is 23.4. The Morgan fingerprint density at radius 3 is 2.61 bits per heavy atom. The normalized spacial score (nSPS) is 11.5. The van der Waals surface area contributed by atoms with Crippen LogP contribution >= 0.6 is 0 Å². The molecular formula is C22H25FN4O4. The molecule has 0 radical (unpaired) electrons. The summed E-state index contributed by atoms with van der Waals surface area (Å²) in [7, 11) is 1.57. The first-order valence-electron chi connectivity index (χ1n) is 9.86. The molecule has 0 aliphatic rings. The summed E-state index contributed by atoms with van der Waals surface area (Å²) >= 11 is 0. The van der Waals surface area contributed by atoms with Gasteiger partial charge in [-0.25, -0.2) is 4.39 Å². The van der Waals surface area contributed by atoms with Gasteiger partial charge >= 0.3 is 0 Å². The molecule has 1 aromatic heterocycles. The molecule has 31 heavy (non-hydrogen) atoms. The van der Waals surface area contributed by atoms with E-state index in [1.807, 2.05) is 6.92 Å². The number of carbonyl (C=O) groups is 3. The fraction of sp³-hybridized carbons (Fsp3) is 0.364. The molecule has 2 rings (SSSR count). The van der Waals surface area contributed by atoms with E-state index in [9.17, 15) is 23.9 Å². The number of nitrogens with zero attached hydrogens (tertiary/aromatic N) is 2. The lowest BCUT2D eigenvalue weighted by atomic mass is 10.1. The van der Waals surface area contributed by atoms with Crippen LogP contribution < -0.4 is 10.6 Å². The Balaban J connectivity index is 2.20. The van der Waals surface area contributed by atoms with E-state index >= 15 is 0 Å². The Hall–Kier alpha value is -3.51. The van der Waals surface area contributed by atoms with Crippen LogP contribution in [0, 0.1) is 24.1 Å². The summed E-state index contributed by atoms with van der Waals surface area (Å²) in [6, 6.07) is 6.07. The third kappa shape index (κ3) is 5.55. The smallest absolute Gasteiger partial charge is 0.292 e. The topological polar surface area (TPSA) is 124 Å². The van der Waals surface area contributed by atoms with Crippen LogP contribution in [0.15, 0.2) is 24.3 Å². The van der Waals surface area contributed by atoms with Crippen molar-refractivity contribution in [2.75, 3.05) is 11.9 Å². The van der Waals surface area contributed by atoms with Crippen LogP contribution in [0.5, 0.6) is 0 Å². The number of unbranched alkanes of at least 4 members (excludes halogenated alkanes) is 1. The zero-order valence-electron chi connectivity index (χ0n) is 17.7. The first-order chi connectivity index (χ1) is 14.7. The Morgan fingerprint density at radius 1 is 1.29 bits per heavy atom. The molecule has 0 saturated heterocycles. The predicted octanol–water partition coefficient (Wildman–Crippen LogP) is 2.45. The molecular weight excluding hydrogens is 403 g/mol. The highest BCUT2D eigenvalue weighted by Gasteiger charge is 2.26. The van der Waals surface area contributed by atoms with Crippen molar-refractivity contribution in [1.29, 1.82) is 5.26 Å². The number of nitriles is 1. The van der Waals surface area contributed by atoms with E-state index < -0.39 is 29.5 Å². The largest absolute Gasteiger partial charge is 0.394 e. The molecule has 8 nitrogen and oxygen atoms in total. The highest BCUT2D eigenvalue weighted by Crippen LogP contribution is 2.19.